The van der Waals surface area contributed by atoms with Crippen molar-refractivity contribution >= 4 is 0 Å². The predicted octanol–water partition coefficient (Wildman–Crippen LogP) is 4.32. The first kappa shape index (κ1) is 16.4. The summed E-state index contributed by atoms with van der Waals surface area (Å²) < 4.78 is 11.3. The van der Waals surface area contributed by atoms with Crippen LogP contribution in [0.15, 0.2) is 48.5 Å². The van der Waals surface area contributed by atoms with E-state index in [1.807, 2.05) is 48.5 Å². The van der Waals surface area contributed by atoms with E-state index in [0.717, 1.165) is 29.0 Å². The van der Waals surface area contributed by atoms with Gasteiger partial charge in [0.1, 0.15) is 6.61 Å². The highest BCUT2D eigenvalue weighted by atomic mass is 16.5. The molecule has 0 amide bonds. The topological polar surface area (TPSA) is 44.5 Å². The molecule has 3 nitrogen and oxygen atoms in total. The molecule has 2 aromatic rings. The zero-order valence-corrected chi connectivity index (χ0v) is 13.6. The molecule has 2 aromatic carbocycles. The molecular formula is C19H25NO2. The molecule has 0 fully saturated rings. The number of ether oxygens (including phenoxy) is 2. The maximum Gasteiger partial charge on any atom is 0.161 e. The Labute approximate surface area is 133 Å². The molecule has 118 valence electrons. The lowest BCUT2D eigenvalue weighted by atomic mass is 9.97. The summed E-state index contributed by atoms with van der Waals surface area (Å²) in [6, 6.07) is 16.1. The minimum atomic E-state index is 0.0251. The van der Waals surface area contributed by atoms with E-state index in [2.05, 4.69) is 13.8 Å². The van der Waals surface area contributed by atoms with Crippen LogP contribution in [0.3, 0.4) is 0 Å². The molecule has 0 aliphatic carbocycles. The van der Waals surface area contributed by atoms with Gasteiger partial charge in [0.15, 0.2) is 11.5 Å². The number of hydrogen-bond donors (Lipinski definition) is 1. The summed E-state index contributed by atoms with van der Waals surface area (Å²) in [6.45, 7) is 4.87. The molecule has 0 saturated carbocycles. The molecule has 22 heavy (non-hydrogen) atoms. The van der Waals surface area contributed by atoms with Crippen molar-refractivity contribution in [3.8, 4) is 11.5 Å². The fraction of sp³-hybridized carbons (Fsp3) is 0.368. The minimum Gasteiger partial charge on any atom is -0.493 e. The van der Waals surface area contributed by atoms with Gasteiger partial charge in [-0.2, -0.15) is 0 Å². The average Bonchev–Trinajstić information content (AvgIpc) is 2.53. The Morgan fingerprint density at radius 3 is 2.36 bits per heavy atom. The van der Waals surface area contributed by atoms with Crippen LogP contribution in [-0.4, -0.2) is 7.11 Å². The van der Waals surface area contributed by atoms with Gasteiger partial charge in [-0.3, -0.25) is 0 Å². The van der Waals surface area contributed by atoms with E-state index in [1.54, 1.807) is 7.11 Å². The number of rotatable bonds is 7. The zero-order chi connectivity index (χ0) is 15.9. The fourth-order valence-electron chi connectivity index (χ4n) is 2.41. The van der Waals surface area contributed by atoms with Gasteiger partial charge in [-0.15, -0.1) is 0 Å². The molecule has 1 atom stereocenters. The second kappa shape index (κ2) is 7.85. The standard InChI is InChI=1S/C19H25NO2/c1-14(2)11-17(20)16-9-10-18(19(12-16)21-3)22-13-15-7-5-4-6-8-15/h4-10,12,14,17H,11,13,20H2,1-3H3/t17-/m0/s1. The van der Waals surface area contributed by atoms with E-state index in [0.29, 0.717) is 12.5 Å². The van der Waals surface area contributed by atoms with E-state index in [1.165, 1.54) is 0 Å². The van der Waals surface area contributed by atoms with Gasteiger partial charge in [-0.05, 0) is 35.6 Å². The molecule has 0 aliphatic rings. The van der Waals surface area contributed by atoms with Crippen LogP contribution in [-0.2, 0) is 6.61 Å². The molecule has 0 heterocycles. The summed E-state index contributed by atoms with van der Waals surface area (Å²) in [6.07, 6.45) is 0.952. The molecule has 0 aromatic heterocycles. The van der Waals surface area contributed by atoms with Crippen molar-refractivity contribution in [2.24, 2.45) is 11.7 Å². The van der Waals surface area contributed by atoms with Crippen LogP contribution < -0.4 is 15.2 Å². The Hall–Kier alpha value is -2.00. The van der Waals surface area contributed by atoms with Crippen molar-refractivity contribution in [2.75, 3.05) is 7.11 Å². The van der Waals surface area contributed by atoms with Crippen LogP contribution in [0.1, 0.15) is 37.4 Å². The van der Waals surface area contributed by atoms with Gasteiger partial charge in [0.25, 0.3) is 0 Å². The van der Waals surface area contributed by atoms with Crippen molar-refractivity contribution in [2.45, 2.75) is 32.9 Å². The summed E-state index contributed by atoms with van der Waals surface area (Å²) in [5.74, 6) is 2.04. The SMILES string of the molecule is COc1cc([C@@H](N)CC(C)C)ccc1OCc1ccccc1. The van der Waals surface area contributed by atoms with Crippen LogP contribution in [0.5, 0.6) is 11.5 Å². The summed E-state index contributed by atoms with van der Waals surface area (Å²) in [5.41, 5.74) is 8.45. The Bertz CT molecular complexity index is 581. The Balaban J connectivity index is 2.09. The van der Waals surface area contributed by atoms with Gasteiger partial charge in [0.05, 0.1) is 7.11 Å². The van der Waals surface area contributed by atoms with Crippen molar-refractivity contribution in [3.05, 3.63) is 59.7 Å². The van der Waals surface area contributed by atoms with Gasteiger partial charge >= 0.3 is 0 Å². The van der Waals surface area contributed by atoms with Crippen LogP contribution in [0, 0.1) is 5.92 Å². The van der Waals surface area contributed by atoms with Gasteiger partial charge in [-0.25, -0.2) is 0 Å². The normalized spacial score (nSPS) is 12.2. The summed E-state index contributed by atoms with van der Waals surface area (Å²) in [5, 5.41) is 0. The molecule has 2 rings (SSSR count). The highest BCUT2D eigenvalue weighted by molar-refractivity contribution is 5.44. The van der Waals surface area contributed by atoms with Crippen molar-refractivity contribution in [3.63, 3.8) is 0 Å². The third-order valence-corrected chi connectivity index (χ3v) is 3.58. The summed E-state index contributed by atoms with van der Waals surface area (Å²) in [4.78, 5) is 0. The predicted molar refractivity (Wildman–Crippen MR) is 90.2 cm³/mol. The second-order valence-corrected chi connectivity index (χ2v) is 5.92. The van der Waals surface area contributed by atoms with Crippen LogP contribution in [0.25, 0.3) is 0 Å². The number of hydrogen-bond acceptors (Lipinski definition) is 3. The van der Waals surface area contributed by atoms with E-state index >= 15 is 0 Å². The molecule has 0 saturated heterocycles. The number of nitrogens with two attached hydrogens (primary N) is 1. The first-order valence-corrected chi connectivity index (χ1v) is 7.70. The second-order valence-electron chi connectivity index (χ2n) is 5.92. The quantitative estimate of drug-likeness (QED) is 0.828. The van der Waals surface area contributed by atoms with Gasteiger partial charge in [0.2, 0.25) is 0 Å². The third-order valence-electron chi connectivity index (χ3n) is 3.58. The lowest BCUT2D eigenvalue weighted by Crippen LogP contribution is -2.13. The maximum atomic E-state index is 6.24. The minimum absolute atomic E-state index is 0.0251. The van der Waals surface area contributed by atoms with E-state index in [-0.39, 0.29) is 6.04 Å². The van der Waals surface area contributed by atoms with Crippen LogP contribution in [0.2, 0.25) is 0 Å². The molecule has 0 unspecified atom stereocenters. The highest BCUT2D eigenvalue weighted by Gasteiger charge is 2.12. The molecule has 0 spiro atoms. The van der Waals surface area contributed by atoms with E-state index in [9.17, 15) is 0 Å². The first-order chi connectivity index (χ1) is 10.6. The largest absolute Gasteiger partial charge is 0.493 e. The molecule has 0 radical (unpaired) electrons. The summed E-state index contributed by atoms with van der Waals surface area (Å²) in [7, 11) is 1.66. The van der Waals surface area contributed by atoms with Gasteiger partial charge < -0.3 is 15.2 Å². The van der Waals surface area contributed by atoms with E-state index in [4.69, 9.17) is 15.2 Å². The summed E-state index contributed by atoms with van der Waals surface area (Å²) >= 11 is 0. The lowest BCUT2D eigenvalue weighted by Gasteiger charge is -2.17. The highest BCUT2D eigenvalue weighted by Crippen LogP contribution is 2.31. The lowest BCUT2D eigenvalue weighted by molar-refractivity contribution is 0.284. The van der Waals surface area contributed by atoms with Gasteiger partial charge in [0, 0.05) is 6.04 Å². The Morgan fingerprint density at radius 1 is 1.00 bits per heavy atom. The van der Waals surface area contributed by atoms with Crippen molar-refractivity contribution in [1.82, 2.24) is 0 Å². The smallest absolute Gasteiger partial charge is 0.161 e. The average molecular weight is 299 g/mol. The van der Waals surface area contributed by atoms with E-state index < -0.39 is 0 Å². The third kappa shape index (κ3) is 4.50. The maximum absolute atomic E-state index is 6.24. The van der Waals surface area contributed by atoms with Crippen LogP contribution >= 0.6 is 0 Å². The number of methoxy groups -OCH3 is 1. The molecule has 3 heteroatoms. The molecule has 2 N–H and O–H groups in total. The van der Waals surface area contributed by atoms with Crippen molar-refractivity contribution in [1.29, 1.82) is 0 Å². The molecule has 0 aliphatic heterocycles. The van der Waals surface area contributed by atoms with Crippen LogP contribution in [0.4, 0.5) is 0 Å². The fourth-order valence-corrected chi connectivity index (χ4v) is 2.41. The van der Waals surface area contributed by atoms with Crippen molar-refractivity contribution < 1.29 is 9.47 Å². The monoisotopic (exact) mass is 299 g/mol. The number of benzene rings is 2. The molecule has 0 bridgehead atoms. The molecular weight excluding hydrogens is 274 g/mol. The first-order valence-electron chi connectivity index (χ1n) is 7.70. The Kier molecular flexibility index (Phi) is 5.84. The zero-order valence-electron chi connectivity index (χ0n) is 13.6. The Morgan fingerprint density at radius 2 is 1.73 bits per heavy atom. The van der Waals surface area contributed by atoms with Gasteiger partial charge in [-0.1, -0.05) is 50.2 Å².